The molecule has 0 aliphatic rings. The molecule has 0 saturated carbocycles. The number of urea groups is 1. The zero-order valence-electron chi connectivity index (χ0n) is 8.62. The number of nitrogens with zero attached hydrogens (tertiary/aromatic N) is 1. The van der Waals surface area contributed by atoms with E-state index in [9.17, 15) is 13.2 Å². The maximum atomic E-state index is 9.47. The van der Waals surface area contributed by atoms with Crippen LogP contribution in [0.25, 0.3) is 0 Å². The maximum absolute atomic E-state index is 9.47. The molecule has 2 N–H and O–H groups in total. The number of primary amides is 1. The number of rotatable bonds is 0. The smallest absolute Gasteiger partial charge is 1.00 e. The summed E-state index contributed by atoms with van der Waals surface area (Å²) in [5.41, 5.74) is 4.29. The molecule has 0 fully saturated rings. The van der Waals surface area contributed by atoms with Crippen LogP contribution in [0.4, 0.5) is 4.79 Å². The average molecular weight is 224 g/mol. The molecule has 2 amide bonds. The van der Waals surface area contributed by atoms with Gasteiger partial charge in [-0.15, -0.1) is 0 Å². The fraction of sp³-hybridized carbons (Fsp3) is 0. The standard InChI is InChI=1S/C6H6.CH2N2O3S.Na.H/c1-2-4-6-5-3-1;2-1(4)3-7(5)6;;/h1-6H;(H2,2,4);;/q;;+1;-1. The van der Waals surface area contributed by atoms with Crippen LogP contribution in [0.1, 0.15) is 1.43 Å². The molecule has 0 atom stereocenters. The second-order valence-corrected chi connectivity index (χ2v) is 2.42. The Morgan fingerprint density at radius 2 is 1.36 bits per heavy atom. The van der Waals surface area contributed by atoms with E-state index in [0.29, 0.717) is 0 Å². The summed E-state index contributed by atoms with van der Waals surface area (Å²) >= 11 is 0. The van der Waals surface area contributed by atoms with Crippen LogP contribution in [0, 0.1) is 0 Å². The van der Waals surface area contributed by atoms with Gasteiger partial charge in [-0.05, 0) is 0 Å². The van der Waals surface area contributed by atoms with E-state index in [2.05, 4.69) is 10.1 Å². The third-order valence-corrected chi connectivity index (χ3v) is 1.16. The van der Waals surface area contributed by atoms with Crippen molar-refractivity contribution in [3.63, 3.8) is 0 Å². The van der Waals surface area contributed by atoms with Crippen LogP contribution in [-0.2, 0) is 10.5 Å². The second kappa shape index (κ2) is 10.4. The van der Waals surface area contributed by atoms with E-state index in [4.69, 9.17) is 0 Å². The van der Waals surface area contributed by atoms with Gasteiger partial charge >= 0.3 is 46.1 Å². The first kappa shape index (κ1) is 15.8. The van der Waals surface area contributed by atoms with Gasteiger partial charge in [-0.25, -0.2) is 4.79 Å². The minimum absolute atomic E-state index is 0. The number of hydrogen-bond donors (Lipinski definition) is 1. The quantitative estimate of drug-likeness (QED) is 0.513. The van der Waals surface area contributed by atoms with Crippen molar-refractivity contribution in [3.05, 3.63) is 36.4 Å². The SMILES string of the molecule is NC(=O)N=S(=O)=O.[H-].[Na+].c1ccccc1. The van der Waals surface area contributed by atoms with Crippen molar-refractivity contribution in [2.24, 2.45) is 10.1 Å². The van der Waals surface area contributed by atoms with Crippen LogP contribution >= 0.6 is 0 Å². The summed E-state index contributed by atoms with van der Waals surface area (Å²) in [4.78, 5) is 9.47. The minimum atomic E-state index is -2.70. The van der Waals surface area contributed by atoms with E-state index >= 15 is 0 Å². The van der Waals surface area contributed by atoms with E-state index in [1.807, 2.05) is 36.4 Å². The number of hydrogen-bond acceptors (Lipinski definition) is 3. The van der Waals surface area contributed by atoms with Crippen molar-refractivity contribution in [2.45, 2.75) is 0 Å². The largest absolute Gasteiger partial charge is 1.00 e. The summed E-state index contributed by atoms with van der Waals surface area (Å²) in [5, 5.41) is 0. The van der Waals surface area contributed by atoms with Crippen molar-refractivity contribution in [1.29, 1.82) is 0 Å². The summed E-state index contributed by atoms with van der Waals surface area (Å²) in [5.74, 6) is 0. The van der Waals surface area contributed by atoms with Crippen LogP contribution < -0.4 is 35.3 Å². The molecule has 0 heterocycles. The Morgan fingerprint density at radius 3 is 1.43 bits per heavy atom. The predicted octanol–water partition coefficient (Wildman–Crippen LogP) is -2.07. The fourth-order valence-electron chi connectivity index (χ4n) is 0.458. The van der Waals surface area contributed by atoms with Gasteiger partial charge in [0.15, 0.2) is 0 Å². The molecule has 0 aromatic heterocycles. The van der Waals surface area contributed by atoms with Crippen molar-refractivity contribution >= 4 is 16.5 Å². The molecule has 0 aliphatic carbocycles. The number of carbonyl (C=O) groups is 1. The monoisotopic (exact) mass is 224 g/mol. The van der Waals surface area contributed by atoms with Gasteiger partial charge < -0.3 is 7.16 Å². The zero-order valence-corrected chi connectivity index (χ0v) is 10.4. The van der Waals surface area contributed by atoms with Crippen molar-refractivity contribution in [2.75, 3.05) is 0 Å². The zero-order chi connectivity index (χ0) is 10.1. The average Bonchev–Trinajstić information content (AvgIpc) is 2.06. The molecule has 0 saturated heterocycles. The molecule has 0 unspecified atom stereocenters. The maximum Gasteiger partial charge on any atom is 1.00 e. The first-order valence-electron chi connectivity index (χ1n) is 3.23. The normalized spacial score (nSPS) is 7.14. The molecule has 1 rings (SSSR count). The second-order valence-electron chi connectivity index (χ2n) is 1.80. The van der Waals surface area contributed by atoms with Gasteiger partial charge in [0, 0.05) is 0 Å². The Hall–Kier alpha value is -0.690. The Labute approximate surface area is 107 Å². The summed E-state index contributed by atoms with van der Waals surface area (Å²) in [6.07, 6.45) is 0. The van der Waals surface area contributed by atoms with Gasteiger partial charge in [0.1, 0.15) is 0 Å². The molecule has 14 heavy (non-hydrogen) atoms. The van der Waals surface area contributed by atoms with Crippen LogP contribution in [0.5, 0.6) is 0 Å². The summed E-state index contributed by atoms with van der Waals surface area (Å²) in [6, 6.07) is 10.8. The third kappa shape index (κ3) is 13.9. The van der Waals surface area contributed by atoms with Gasteiger partial charge in [0.05, 0.1) is 0 Å². The Bertz CT molecular complexity index is 348. The molecule has 0 aliphatic heterocycles. The molecule has 7 heteroatoms. The topological polar surface area (TPSA) is 89.6 Å². The van der Waals surface area contributed by atoms with Gasteiger partial charge in [-0.1, -0.05) is 40.8 Å². The molecule has 0 spiro atoms. The first-order valence-corrected chi connectivity index (χ1v) is 4.26. The third-order valence-electron chi connectivity index (χ3n) is 0.831. The molecule has 0 radical (unpaired) electrons. The predicted molar refractivity (Wildman–Crippen MR) is 48.5 cm³/mol. The van der Waals surface area contributed by atoms with Gasteiger partial charge in [-0.3, -0.25) is 0 Å². The summed E-state index contributed by atoms with van der Waals surface area (Å²) in [6.45, 7) is 0. The van der Waals surface area contributed by atoms with E-state index in [1.54, 1.807) is 0 Å². The number of benzene rings is 1. The van der Waals surface area contributed by atoms with Gasteiger partial charge in [0.25, 0.3) is 0 Å². The molecular formula is C7H9N2NaO3S. The minimum Gasteiger partial charge on any atom is -1.00 e. The van der Waals surface area contributed by atoms with E-state index < -0.39 is 16.5 Å². The van der Waals surface area contributed by atoms with E-state index in [-0.39, 0.29) is 31.0 Å². The number of carbonyl (C=O) groups excluding carboxylic acids is 1. The molecule has 5 nitrogen and oxygen atoms in total. The fourth-order valence-corrected chi connectivity index (χ4v) is 0.605. The van der Waals surface area contributed by atoms with Gasteiger partial charge in [0.2, 0.25) is 0 Å². The Balaban J connectivity index is -0.000000170. The Morgan fingerprint density at radius 1 is 1.07 bits per heavy atom. The summed E-state index contributed by atoms with van der Waals surface area (Å²) in [7, 11) is -2.70. The van der Waals surface area contributed by atoms with Crippen LogP contribution in [-0.4, -0.2) is 14.4 Å². The van der Waals surface area contributed by atoms with Crippen molar-refractivity contribution in [1.82, 2.24) is 0 Å². The molecular weight excluding hydrogens is 215 g/mol. The number of amides is 2. The molecule has 1 aromatic rings. The molecule has 0 bridgehead atoms. The number of nitrogens with two attached hydrogens (primary N) is 1. The van der Waals surface area contributed by atoms with Crippen LogP contribution in [0.2, 0.25) is 0 Å². The van der Waals surface area contributed by atoms with Crippen LogP contribution in [0.3, 0.4) is 0 Å². The van der Waals surface area contributed by atoms with E-state index in [0.717, 1.165) is 0 Å². The van der Waals surface area contributed by atoms with Crippen molar-refractivity contribution in [3.8, 4) is 0 Å². The molecule has 72 valence electrons. The summed E-state index contributed by atoms with van der Waals surface area (Å²) < 4.78 is 21.0. The van der Waals surface area contributed by atoms with E-state index in [1.165, 1.54) is 0 Å². The van der Waals surface area contributed by atoms with Crippen molar-refractivity contribution < 1.29 is 44.2 Å². The van der Waals surface area contributed by atoms with Gasteiger partial charge in [-0.2, -0.15) is 8.42 Å². The Kier molecular flexibility index (Phi) is 11.7. The first-order chi connectivity index (χ1) is 6.13. The van der Waals surface area contributed by atoms with Crippen LogP contribution in [0.15, 0.2) is 40.8 Å². The molecule has 1 aromatic carbocycles.